The van der Waals surface area contributed by atoms with E-state index in [4.69, 9.17) is 4.74 Å². The SMILES string of the molecule is CNC(=O)COc1cccc(NC(=O)c2cn[nH]c2C)c1. The van der Waals surface area contributed by atoms with Crippen LogP contribution in [0.15, 0.2) is 30.5 Å². The van der Waals surface area contributed by atoms with Gasteiger partial charge in [0.25, 0.3) is 11.8 Å². The molecule has 1 aromatic heterocycles. The minimum Gasteiger partial charge on any atom is -0.484 e. The monoisotopic (exact) mass is 288 g/mol. The molecule has 110 valence electrons. The summed E-state index contributed by atoms with van der Waals surface area (Å²) in [6.45, 7) is 1.69. The highest BCUT2D eigenvalue weighted by atomic mass is 16.5. The molecule has 1 aromatic carbocycles. The molecule has 0 atom stereocenters. The van der Waals surface area contributed by atoms with Crippen LogP contribution in [-0.2, 0) is 4.79 Å². The van der Waals surface area contributed by atoms with Crippen LogP contribution in [-0.4, -0.2) is 35.7 Å². The summed E-state index contributed by atoms with van der Waals surface area (Å²) in [5.74, 6) is 0.0171. The van der Waals surface area contributed by atoms with Crippen molar-refractivity contribution in [2.75, 3.05) is 19.0 Å². The Bertz CT molecular complexity index is 651. The molecule has 3 N–H and O–H groups in total. The minimum atomic E-state index is -0.260. The second-order valence-electron chi connectivity index (χ2n) is 4.35. The molecule has 0 saturated carbocycles. The van der Waals surface area contributed by atoms with Gasteiger partial charge in [-0.25, -0.2) is 0 Å². The number of hydrogen-bond acceptors (Lipinski definition) is 4. The van der Waals surface area contributed by atoms with Crippen molar-refractivity contribution in [3.63, 3.8) is 0 Å². The number of benzene rings is 1. The summed E-state index contributed by atoms with van der Waals surface area (Å²) < 4.78 is 5.31. The number of H-pyrrole nitrogens is 1. The van der Waals surface area contributed by atoms with Crippen molar-refractivity contribution in [1.82, 2.24) is 15.5 Å². The summed E-state index contributed by atoms with van der Waals surface area (Å²) in [4.78, 5) is 23.2. The highest BCUT2D eigenvalue weighted by molar-refractivity contribution is 6.04. The van der Waals surface area contributed by atoms with Crippen LogP contribution in [0.25, 0.3) is 0 Å². The number of ether oxygens (including phenoxy) is 1. The minimum absolute atomic E-state index is 0.0747. The topological polar surface area (TPSA) is 96.1 Å². The smallest absolute Gasteiger partial charge is 0.259 e. The molecular weight excluding hydrogens is 272 g/mol. The van der Waals surface area contributed by atoms with Gasteiger partial charge in [0.1, 0.15) is 5.75 Å². The highest BCUT2D eigenvalue weighted by Crippen LogP contribution is 2.18. The van der Waals surface area contributed by atoms with E-state index in [0.29, 0.717) is 22.7 Å². The van der Waals surface area contributed by atoms with Crippen molar-refractivity contribution in [2.45, 2.75) is 6.92 Å². The average Bonchev–Trinajstić information content (AvgIpc) is 2.91. The third kappa shape index (κ3) is 3.82. The van der Waals surface area contributed by atoms with Crippen LogP contribution < -0.4 is 15.4 Å². The van der Waals surface area contributed by atoms with Crippen molar-refractivity contribution in [3.8, 4) is 5.75 Å². The zero-order chi connectivity index (χ0) is 15.2. The van der Waals surface area contributed by atoms with Crippen LogP contribution >= 0.6 is 0 Å². The number of likely N-dealkylation sites (N-methyl/N-ethyl adjacent to an activating group) is 1. The van der Waals surface area contributed by atoms with E-state index in [1.54, 1.807) is 31.2 Å². The predicted octanol–water partition coefficient (Wildman–Crippen LogP) is 1.10. The molecule has 1 heterocycles. The maximum atomic E-state index is 12.0. The van der Waals surface area contributed by atoms with Crippen LogP contribution in [0.4, 0.5) is 5.69 Å². The molecule has 7 heteroatoms. The Hall–Kier alpha value is -2.83. The molecule has 0 radical (unpaired) electrons. The number of aryl methyl sites for hydroxylation is 1. The number of rotatable bonds is 5. The zero-order valence-electron chi connectivity index (χ0n) is 11.8. The van der Waals surface area contributed by atoms with Gasteiger partial charge >= 0.3 is 0 Å². The second kappa shape index (κ2) is 6.56. The van der Waals surface area contributed by atoms with Gasteiger partial charge in [0.05, 0.1) is 11.8 Å². The summed E-state index contributed by atoms with van der Waals surface area (Å²) in [6, 6.07) is 6.83. The number of hydrogen-bond donors (Lipinski definition) is 3. The van der Waals surface area contributed by atoms with Crippen molar-refractivity contribution < 1.29 is 14.3 Å². The van der Waals surface area contributed by atoms with E-state index < -0.39 is 0 Å². The van der Waals surface area contributed by atoms with Crippen molar-refractivity contribution in [3.05, 3.63) is 41.7 Å². The lowest BCUT2D eigenvalue weighted by atomic mass is 10.2. The number of aromatic nitrogens is 2. The van der Waals surface area contributed by atoms with E-state index in [-0.39, 0.29) is 18.4 Å². The first-order valence-corrected chi connectivity index (χ1v) is 6.35. The van der Waals surface area contributed by atoms with Gasteiger partial charge < -0.3 is 15.4 Å². The predicted molar refractivity (Wildman–Crippen MR) is 77.3 cm³/mol. The van der Waals surface area contributed by atoms with Crippen LogP contribution in [0.5, 0.6) is 5.75 Å². The molecule has 2 amide bonds. The Morgan fingerprint density at radius 2 is 2.19 bits per heavy atom. The fourth-order valence-corrected chi connectivity index (χ4v) is 1.66. The van der Waals surface area contributed by atoms with Gasteiger partial charge in [0.15, 0.2) is 6.61 Å². The van der Waals surface area contributed by atoms with Gasteiger partial charge in [0, 0.05) is 24.5 Å². The van der Waals surface area contributed by atoms with E-state index in [0.717, 1.165) is 0 Å². The maximum Gasteiger partial charge on any atom is 0.259 e. The summed E-state index contributed by atoms with van der Waals surface area (Å²) in [5.41, 5.74) is 1.75. The van der Waals surface area contributed by atoms with Gasteiger partial charge in [-0.3, -0.25) is 14.7 Å². The molecule has 21 heavy (non-hydrogen) atoms. The van der Waals surface area contributed by atoms with Crippen LogP contribution in [0.2, 0.25) is 0 Å². The average molecular weight is 288 g/mol. The fourth-order valence-electron chi connectivity index (χ4n) is 1.66. The second-order valence-corrected chi connectivity index (χ2v) is 4.35. The number of aromatic amines is 1. The lowest BCUT2D eigenvalue weighted by Gasteiger charge is -2.08. The molecule has 0 aliphatic rings. The van der Waals surface area contributed by atoms with Crippen LogP contribution in [0.3, 0.4) is 0 Å². The van der Waals surface area contributed by atoms with Crippen LogP contribution in [0.1, 0.15) is 16.1 Å². The number of amides is 2. The largest absolute Gasteiger partial charge is 0.484 e. The number of nitrogens with one attached hydrogen (secondary N) is 3. The van der Waals surface area contributed by atoms with Gasteiger partial charge in [-0.1, -0.05) is 6.07 Å². The molecule has 2 aromatic rings. The molecule has 0 bridgehead atoms. The first kappa shape index (κ1) is 14.6. The number of anilines is 1. The molecule has 0 aliphatic heterocycles. The quantitative estimate of drug-likeness (QED) is 0.767. The standard InChI is InChI=1S/C14H16N4O3/c1-9-12(7-16-18-9)14(20)17-10-4-3-5-11(6-10)21-8-13(19)15-2/h3-7H,8H2,1-2H3,(H,15,19)(H,16,18)(H,17,20). The first-order valence-electron chi connectivity index (χ1n) is 6.35. The molecular formula is C14H16N4O3. The maximum absolute atomic E-state index is 12.0. The number of carbonyl (C=O) groups is 2. The summed E-state index contributed by atoms with van der Waals surface area (Å²) >= 11 is 0. The first-order chi connectivity index (χ1) is 10.1. The molecule has 7 nitrogen and oxygen atoms in total. The summed E-state index contributed by atoms with van der Waals surface area (Å²) in [5, 5.41) is 11.7. The van der Waals surface area contributed by atoms with Gasteiger partial charge in [0.2, 0.25) is 0 Å². The Labute approximate surface area is 121 Å². The van der Waals surface area contributed by atoms with E-state index in [9.17, 15) is 9.59 Å². The van der Waals surface area contributed by atoms with Gasteiger partial charge in [-0.2, -0.15) is 5.10 Å². The molecule has 2 rings (SSSR count). The van der Waals surface area contributed by atoms with Crippen LogP contribution in [0, 0.1) is 6.92 Å². The summed E-state index contributed by atoms with van der Waals surface area (Å²) in [6.07, 6.45) is 1.47. The molecule has 0 unspecified atom stereocenters. The lowest BCUT2D eigenvalue weighted by Crippen LogP contribution is -2.24. The highest BCUT2D eigenvalue weighted by Gasteiger charge is 2.11. The van der Waals surface area contributed by atoms with E-state index >= 15 is 0 Å². The lowest BCUT2D eigenvalue weighted by molar-refractivity contribution is -0.122. The van der Waals surface area contributed by atoms with Crippen molar-refractivity contribution in [2.24, 2.45) is 0 Å². The molecule has 0 saturated heterocycles. The zero-order valence-corrected chi connectivity index (χ0v) is 11.8. The van der Waals surface area contributed by atoms with E-state index in [1.807, 2.05) is 0 Å². The normalized spacial score (nSPS) is 10.0. The Morgan fingerprint density at radius 1 is 1.38 bits per heavy atom. The Morgan fingerprint density at radius 3 is 2.86 bits per heavy atom. The van der Waals surface area contributed by atoms with Gasteiger partial charge in [-0.05, 0) is 19.1 Å². The van der Waals surface area contributed by atoms with Crippen molar-refractivity contribution >= 4 is 17.5 Å². The number of carbonyl (C=O) groups excluding carboxylic acids is 2. The van der Waals surface area contributed by atoms with Crippen molar-refractivity contribution in [1.29, 1.82) is 0 Å². The van der Waals surface area contributed by atoms with E-state index in [2.05, 4.69) is 20.8 Å². The number of nitrogens with zero attached hydrogens (tertiary/aromatic N) is 1. The Kier molecular flexibility index (Phi) is 4.55. The molecule has 0 spiro atoms. The third-order valence-corrected chi connectivity index (χ3v) is 2.82. The fraction of sp³-hybridized carbons (Fsp3) is 0.214. The molecule has 0 aliphatic carbocycles. The molecule has 0 fully saturated rings. The summed E-state index contributed by atoms with van der Waals surface area (Å²) in [7, 11) is 1.54. The Balaban J connectivity index is 2.02. The van der Waals surface area contributed by atoms with E-state index in [1.165, 1.54) is 13.2 Å². The van der Waals surface area contributed by atoms with Gasteiger partial charge in [-0.15, -0.1) is 0 Å². The third-order valence-electron chi connectivity index (χ3n) is 2.82.